The summed E-state index contributed by atoms with van der Waals surface area (Å²) in [4.78, 5) is 22.9. The summed E-state index contributed by atoms with van der Waals surface area (Å²) in [6, 6.07) is 5.85. The highest BCUT2D eigenvalue weighted by molar-refractivity contribution is 7.22. The number of hydroxylamine groups is 1. The van der Waals surface area contributed by atoms with E-state index in [2.05, 4.69) is 20.2 Å². The first-order valence-electron chi connectivity index (χ1n) is 6.23. The van der Waals surface area contributed by atoms with E-state index in [-0.39, 0.29) is 11.8 Å². The second kappa shape index (κ2) is 5.26. The highest BCUT2D eigenvalue weighted by atomic mass is 32.1. The predicted octanol–water partition coefficient (Wildman–Crippen LogP) is 1.42. The number of ether oxygens (including phenoxy) is 1. The number of aromatic nitrogens is 1. The Kier molecular flexibility index (Phi) is 3.45. The van der Waals surface area contributed by atoms with E-state index in [1.54, 1.807) is 18.4 Å². The van der Waals surface area contributed by atoms with Gasteiger partial charge in [-0.05, 0) is 12.1 Å². The fourth-order valence-corrected chi connectivity index (χ4v) is 3.11. The fraction of sp³-hybridized carbons (Fsp3) is 0.385. The Morgan fingerprint density at radius 2 is 2.25 bits per heavy atom. The molecule has 7 heteroatoms. The van der Waals surface area contributed by atoms with Crippen LogP contribution in [0.2, 0.25) is 0 Å². The standard InChI is InChI=1S/C13H15N3O3S/c1-18-9-3-4-11-10(5-9)14-13(20-11)16-6-8(7-16)12(17)15-19-2/h3-5,8H,6-7H2,1-2H3,(H,15,17). The molecule has 2 heterocycles. The summed E-state index contributed by atoms with van der Waals surface area (Å²) >= 11 is 1.62. The molecule has 0 unspecified atom stereocenters. The molecule has 1 fully saturated rings. The average Bonchev–Trinajstić information content (AvgIpc) is 2.79. The molecule has 0 atom stereocenters. The van der Waals surface area contributed by atoms with Gasteiger partial charge in [0.2, 0.25) is 5.91 Å². The van der Waals surface area contributed by atoms with Crippen molar-refractivity contribution in [2.24, 2.45) is 5.92 Å². The number of methoxy groups -OCH3 is 1. The molecule has 1 amide bonds. The number of hydrogen-bond donors (Lipinski definition) is 1. The fourth-order valence-electron chi connectivity index (χ4n) is 2.14. The first-order valence-corrected chi connectivity index (χ1v) is 7.05. The van der Waals surface area contributed by atoms with Gasteiger partial charge in [-0.25, -0.2) is 10.5 Å². The zero-order chi connectivity index (χ0) is 14.1. The van der Waals surface area contributed by atoms with Crippen molar-refractivity contribution in [3.8, 4) is 5.75 Å². The van der Waals surface area contributed by atoms with E-state index in [1.165, 1.54) is 7.11 Å². The Hall–Kier alpha value is -1.86. The minimum atomic E-state index is -0.0773. The van der Waals surface area contributed by atoms with Gasteiger partial charge in [0.25, 0.3) is 0 Å². The van der Waals surface area contributed by atoms with Gasteiger partial charge in [-0.2, -0.15) is 0 Å². The Morgan fingerprint density at radius 3 is 2.95 bits per heavy atom. The highest BCUT2D eigenvalue weighted by Crippen LogP contribution is 2.34. The third-order valence-electron chi connectivity index (χ3n) is 3.31. The van der Waals surface area contributed by atoms with Crippen LogP contribution in [-0.4, -0.2) is 38.2 Å². The summed E-state index contributed by atoms with van der Waals surface area (Å²) in [7, 11) is 3.08. The minimum absolute atomic E-state index is 0.0310. The topological polar surface area (TPSA) is 63.7 Å². The van der Waals surface area contributed by atoms with Crippen LogP contribution in [-0.2, 0) is 9.63 Å². The second-order valence-corrected chi connectivity index (χ2v) is 5.61. The lowest BCUT2D eigenvalue weighted by molar-refractivity contribution is -0.136. The Labute approximate surface area is 120 Å². The van der Waals surface area contributed by atoms with Crippen molar-refractivity contribution in [1.29, 1.82) is 0 Å². The van der Waals surface area contributed by atoms with Gasteiger partial charge in [0, 0.05) is 19.2 Å². The van der Waals surface area contributed by atoms with Crippen LogP contribution in [0.3, 0.4) is 0 Å². The van der Waals surface area contributed by atoms with Crippen LogP contribution in [0, 0.1) is 5.92 Å². The van der Waals surface area contributed by atoms with Crippen molar-refractivity contribution >= 4 is 32.6 Å². The third kappa shape index (κ3) is 2.30. The molecular formula is C13H15N3O3S. The van der Waals surface area contributed by atoms with Crippen LogP contribution in [0.5, 0.6) is 5.75 Å². The van der Waals surface area contributed by atoms with Crippen molar-refractivity contribution < 1.29 is 14.4 Å². The van der Waals surface area contributed by atoms with Crippen LogP contribution in [0.1, 0.15) is 0 Å². The Balaban J connectivity index is 1.72. The average molecular weight is 293 g/mol. The summed E-state index contributed by atoms with van der Waals surface area (Å²) in [5.74, 6) is 0.693. The van der Waals surface area contributed by atoms with E-state index in [9.17, 15) is 4.79 Å². The van der Waals surface area contributed by atoms with Gasteiger partial charge < -0.3 is 9.64 Å². The molecule has 6 nitrogen and oxygen atoms in total. The van der Waals surface area contributed by atoms with Crippen molar-refractivity contribution in [1.82, 2.24) is 10.5 Å². The molecule has 0 bridgehead atoms. The molecule has 0 aliphatic carbocycles. The molecule has 1 aliphatic rings. The number of rotatable bonds is 4. The number of benzene rings is 1. The molecular weight excluding hydrogens is 278 g/mol. The van der Waals surface area contributed by atoms with E-state index in [0.29, 0.717) is 13.1 Å². The molecule has 1 N–H and O–H groups in total. The number of nitrogens with one attached hydrogen (secondary N) is 1. The van der Waals surface area contributed by atoms with Crippen LogP contribution >= 0.6 is 11.3 Å². The summed E-state index contributed by atoms with van der Waals surface area (Å²) < 4.78 is 6.31. The quantitative estimate of drug-likeness (QED) is 0.864. The van der Waals surface area contributed by atoms with Gasteiger partial charge in [-0.3, -0.25) is 9.63 Å². The van der Waals surface area contributed by atoms with Crippen molar-refractivity contribution in [2.45, 2.75) is 0 Å². The molecule has 0 radical (unpaired) electrons. The van der Waals surface area contributed by atoms with E-state index in [4.69, 9.17) is 4.74 Å². The number of hydrogen-bond acceptors (Lipinski definition) is 6. The van der Waals surface area contributed by atoms with Crippen LogP contribution in [0.25, 0.3) is 10.2 Å². The zero-order valence-corrected chi connectivity index (χ0v) is 12.1. The van der Waals surface area contributed by atoms with Crippen molar-refractivity contribution in [3.63, 3.8) is 0 Å². The van der Waals surface area contributed by atoms with E-state index in [1.807, 2.05) is 18.2 Å². The molecule has 0 saturated carbocycles. The number of nitrogens with zero attached hydrogens (tertiary/aromatic N) is 2. The first kappa shape index (κ1) is 13.1. The normalized spacial score (nSPS) is 15.2. The first-order chi connectivity index (χ1) is 9.71. The number of carbonyl (C=O) groups excluding carboxylic acids is 1. The van der Waals surface area contributed by atoms with Crippen molar-refractivity contribution in [3.05, 3.63) is 18.2 Å². The third-order valence-corrected chi connectivity index (χ3v) is 4.41. The largest absolute Gasteiger partial charge is 0.497 e. The summed E-state index contributed by atoms with van der Waals surface area (Å²) in [5.41, 5.74) is 3.29. The SMILES string of the molecule is CONC(=O)C1CN(c2nc3cc(OC)ccc3s2)C1. The van der Waals surface area contributed by atoms with E-state index >= 15 is 0 Å². The molecule has 1 aromatic heterocycles. The lowest BCUT2D eigenvalue weighted by Crippen LogP contribution is -2.53. The molecule has 106 valence electrons. The number of anilines is 1. The predicted molar refractivity (Wildman–Crippen MR) is 77.0 cm³/mol. The van der Waals surface area contributed by atoms with Gasteiger partial charge in [-0.1, -0.05) is 11.3 Å². The van der Waals surface area contributed by atoms with E-state index < -0.39 is 0 Å². The molecule has 3 rings (SSSR count). The maximum atomic E-state index is 11.6. The smallest absolute Gasteiger partial charge is 0.250 e. The molecule has 1 aromatic carbocycles. The maximum absolute atomic E-state index is 11.6. The van der Waals surface area contributed by atoms with Gasteiger partial charge in [-0.15, -0.1) is 0 Å². The zero-order valence-electron chi connectivity index (χ0n) is 11.3. The molecule has 2 aromatic rings. The van der Waals surface area contributed by atoms with Crippen LogP contribution in [0.15, 0.2) is 18.2 Å². The number of thiazole rings is 1. The molecule has 0 spiro atoms. The van der Waals surface area contributed by atoms with Gasteiger partial charge in [0.1, 0.15) is 5.75 Å². The van der Waals surface area contributed by atoms with E-state index in [0.717, 1.165) is 21.1 Å². The lowest BCUT2D eigenvalue weighted by atomic mass is 10.0. The lowest BCUT2D eigenvalue weighted by Gasteiger charge is -2.37. The van der Waals surface area contributed by atoms with Crippen LogP contribution < -0.4 is 15.1 Å². The van der Waals surface area contributed by atoms with Crippen molar-refractivity contribution in [2.75, 3.05) is 32.2 Å². The molecule has 1 aliphatic heterocycles. The van der Waals surface area contributed by atoms with Crippen LogP contribution in [0.4, 0.5) is 5.13 Å². The number of amides is 1. The second-order valence-electron chi connectivity index (χ2n) is 4.60. The monoisotopic (exact) mass is 293 g/mol. The molecule has 1 saturated heterocycles. The van der Waals surface area contributed by atoms with Gasteiger partial charge in [0.05, 0.1) is 30.4 Å². The summed E-state index contributed by atoms with van der Waals surface area (Å²) in [6.07, 6.45) is 0. The minimum Gasteiger partial charge on any atom is -0.497 e. The highest BCUT2D eigenvalue weighted by Gasteiger charge is 2.34. The van der Waals surface area contributed by atoms with Gasteiger partial charge >= 0.3 is 0 Å². The van der Waals surface area contributed by atoms with Gasteiger partial charge in [0.15, 0.2) is 5.13 Å². The Morgan fingerprint density at radius 1 is 1.45 bits per heavy atom. The number of fused-ring (bicyclic) bond motifs is 1. The summed E-state index contributed by atoms with van der Waals surface area (Å²) in [5, 5.41) is 0.940. The molecule has 20 heavy (non-hydrogen) atoms. The summed E-state index contributed by atoms with van der Waals surface area (Å²) in [6.45, 7) is 1.35. The maximum Gasteiger partial charge on any atom is 0.250 e. The Bertz CT molecular complexity index is 637. The number of carbonyl (C=O) groups is 1.